The van der Waals surface area contributed by atoms with Gasteiger partial charge in [-0.3, -0.25) is 14.7 Å². The Morgan fingerprint density at radius 2 is 1.90 bits per heavy atom. The Morgan fingerprint density at radius 1 is 1.14 bits per heavy atom. The number of piperidine rings is 1. The fourth-order valence-electron chi connectivity index (χ4n) is 5.16. The maximum atomic E-state index is 13.4. The number of aromatic nitrogens is 4. The molecule has 8 heteroatoms. The molecule has 0 bridgehead atoms. The molecule has 0 saturated carbocycles. The number of aryl methyl sites for hydroxylation is 4. The van der Waals surface area contributed by atoms with Crippen LogP contribution in [0.15, 0.2) is 0 Å². The Kier molecular flexibility index (Phi) is 4.96. The number of H-pyrrole nitrogens is 2. The second kappa shape index (κ2) is 7.31. The first kappa shape index (κ1) is 19.7. The minimum Gasteiger partial charge on any atom is -0.346 e. The summed E-state index contributed by atoms with van der Waals surface area (Å²) in [7, 11) is 0. The van der Waals surface area contributed by atoms with Crippen molar-refractivity contribution < 1.29 is 9.59 Å². The number of rotatable bonds is 3. The number of imidazole rings is 1. The van der Waals surface area contributed by atoms with E-state index in [1.165, 1.54) is 0 Å². The molecule has 0 aliphatic carbocycles. The number of carbonyl (C=O) groups is 2. The molecule has 0 radical (unpaired) electrons. The molecule has 2 aliphatic heterocycles. The van der Waals surface area contributed by atoms with Crippen LogP contribution in [0.2, 0.25) is 0 Å². The van der Waals surface area contributed by atoms with Gasteiger partial charge in [0.05, 0.1) is 17.7 Å². The Labute approximate surface area is 171 Å². The Morgan fingerprint density at radius 3 is 2.52 bits per heavy atom. The minimum absolute atomic E-state index is 0.0387. The molecule has 4 heterocycles. The van der Waals surface area contributed by atoms with Gasteiger partial charge in [-0.05, 0) is 53.4 Å². The highest BCUT2D eigenvalue weighted by atomic mass is 16.2. The number of hydrogen-bond acceptors (Lipinski definition) is 4. The average molecular weight is 399 g/mol. The van der Waals surface area contributed by atoms with Crippen LogP contribution in [-0.2, 0) is 4.79 Å². The van der Waals surface area contributed by atoms with E-state index in [1.54, 1.807) is 0 Å². The molecule has 1 unspecified atom stereocenters. The van der Waals surface area contributed by atoms with Gasteiger partial charge in [0.25, 0.3) is 5.91 Å². The Bertz CT molecular complexity index is 926. The number of nitrogens with one attached hydrogen (secondary N) is 2. The lowest BCUT2D eigenvalue weighted by Gasteiger charge is -2.38. The van der Waals surface area contributed by atoms with Gasteiger partial charge in [0.1, 0.15) is 11.5 Å². The van der Waals surface area contributed by atoms with Crippen molar-refractivity contribution in [3.8, 4) is 0 Å². The summed E-state index contributed by atoms with van der Waals surface area (Å²) in [6.07, 6.45) is 2.03. The normalized spacial score (nSPS) is 22.7. The van der Waals surface area contributed by atoms with E-state index in [1.807, 2.05) is 44.4 Å². The number of amides is 2. The first-order valence-electron chi connectivity index (χ1n) is 10.4. The summed E-state index contributed by atoms with van der Waals surface area (Å²) >= 11 is 0. The van der Waals surface area contributed by atoms with Crippen LogP contribution in [0.4, 0.5) is 0 Å². The van der Waals surface area contributed by atoms with Gasteiger partial charge in [0, 0.05) is 36.6 Å². The third-order valence-corrected chi connectivity index (χ3v) is 6.55. The second-order valence-corrected chi connectivity index (χ2v) is 8.58. The molecular weight excluding hydrogens is 368 g/mol. The Balaban J connectivity index is 1.53. The molecule has 2 saturated heterocycles. The molecular formula is C21H30N6O2. The van der Waals surface area contributed by atoms with Gasteiger partial charge in [-0.25, -0.2) is 4.98 Å². The molecule has 8 nitrogen and oxygen atoms in total. The summed E-state index contributed by atoms with van der Waals surface area (Å²) in [5.41, 5.74) is 4.12. The Hall–Kier alpha value is -2.64. The van der Waals surface area contributed by atoms with Crippen molar-refractivity contribution in [2.24, 2.45) is 5.92 Å². The van der Waals surface area contributed by atoms with Crippen LogP contribution in [-0.4, -0.2) is 67.5 Å². The molecule has 0 spiro atoms. The van der Waals surface area contributed by atoms with Crippen molar-refractivity contribution >= 4 is 11.8 Å². The molecule has 2 N–H and O–H groups in total. The third kappa shape index (κ3) is 3.34. The summed E-state index contributed by atoms with van der Waals surface area (Å²) in [5, 5.41) is 7.24. The van der Waals surface area contributed by atoms with Crippen LogP contribution in [0.25, 0.3) is 0 Å². The van der Waals surface area contributed by atoms with Crippen LogP contribution in [0, 0.1) is 33.6 Å². The highest BCUT2D eigenvalue weighted by Gasteiger charge is 2.44. The lowest BCUT2D eigenvalue weighted by molar-refractivity contribution is -0.136. The number of fused-ring (bicyclic) bond motifs is 1. The lowest BCUT2D eigenvalue weighted by atomic mass is 9.89. The second-order valence-electron chi connectivity index (χ2n) is 8.58. The fraction of sp³-hybridized carbons (Fsp3) is 0.619. The van der Waals surface area contributed by atoms with Gasteiger partial charge in [-0.15, -0.1) is 0 Å². The monoisotopic (exact) mass is 398 g/mol. The standard InChI is InChI=1S/C21H30N6O2/c1-11(18-12(2)24-25-13(18)3)20(28)27-8-6-7-16-9-26(10-17(16)27)21(29)19-14(4)22-15(5)23-19/h11,16-17H,6-10H2,1-5H3,(H,22,23)(H,24,25)/t11?,16-,17+/m0/s1. The van der Waals surface area contributed by atoms with Gasteiger partial charge in [0.15, 0.2) is 0 Å². The van der Waals surface area contributed by atoms with Gasteiger partial charge < -0.3 is 14.8 Å². The maximum absolute atomic E-state index is 13.4. The van der Waals surface area contributed by atoms with E-state index in [4.69, 9.17) is 0 Å². The predicted octanol–water partition coefficient (Wildman–Crippen LogP) is 2.23. The molecule has 2 aliphatic rings. The predicted molar refractivity (Wildman–Crippen MR) is 109 cm³/mol. The quantitative estimate of drug-likeness (QED) is 0.828. The van der Waals surface area contributed by atoms with Crippen LogP contribution in [0.5, 0.6) is 0 Å². The first-order chi connectivity index (χ1) is 13.8. The molecule has 29 heavy (non-hydrogen) atoms. The van der Waals surface area contributed by atoms with Crippen molar-refractivity contribution in [1.82, 2.24) is 30.0 Å². The van der Waals surface area contributed by atoms with E-state index in [2.05, 4.69) is 20.2 Å². The van der Waals surface area contributed by atoms with Gasteiger partial charge >= 0.3 is 0 Å². The van der Waals surface area contributed by atoms with Crippen molar-refractivity contribution in [3.63, 3.8) is 0 Å². The van der Waals surface area contributed by atoms with E-state index >= 15 is 0 Å². The van der Waals surface area contributed by atoms with E-state index in [-0.39, 0.29) is 23.8 Å². The maximum Gasteiger partial charge on any atom is 0.274 e. The van der Waals surface area contributed by atoms with E-state index < -0.39 is 0 Å². The molecule has 0 aromatic carbocycles. The zero-order chi connectivity index (χ0) is 20.9. The van der Waals surface area contributed by atoms with Crippen molar-refractivity contribution in [3.05, 3.63) is 34.2 Å². The van der Waals surface area contributed by atoms with Crippen LogP contribution >= 0.6 is 0 Å². The number of likely N-dealkylation sites (tertiary alicyclic amines) is 2. The SMILES string of the molecule is Cc1nc(C(=O)N2C[C@@H]3CCCN(C(=O)C(C)c4c(C)n[nH]c4C)[C@@H]3C2)c(C)[nH]1. The molecule has 4 rings (SSSR count). The molecule has 3 atom stereocenters. The average Bonchev–Trinajstić information content (AvgIpc) is 3.36. The van der Waals surface area contributed by atoms with Crippen molar-refractivity contribution in [1.29, 1.82) is 0 Å². The summed E-state index contributed by atoms with van der Waals surface area (Å²) in [4.78, 5) is 37.8. The molecule has 156 valence electrons. The van der Waals surface area contributed by atoms with Crippen LogP contribution in [0.3, 0.4) is 0 Å². The summed E-state index contributed by atoms with van der Waals surface area (Å²) in [6, 6.07) is 0.0792. The lowest BCUT2D eigenvalue weighted by Crippen LogP contribution is -2.50. The van der Waals surface area contributed by atoms with Gasteiger partial charge in [-0.2, -0.15) is 5.10 Å². The van der Waals surface area contributed by atoms with Crippen LogP contribution in [0.1, 0.15) is 64.6 Å². The van der Waals surface area contributed by atoms with E-state index in [9.17, 15) is 9.59 Å². The summed E-state index contributed by atoms with van der Waals surface area (Å²) in [5.74, 6) is 0.930. The van der Waals surface area contributed by atoms with E-state index in [0.717, 1.165) is 47.9 Å². The number of aromatic amines is 2. The summed E-state index contributed by atoms with van der Waals surface area (Å²) < 4.78 is 0. The zero-order valence-electron chi connectivity index (χ0n) is 17.9. The molecule has 2 aromatic heterocycles. The summed E-state index contributed by atoms with van der Waals surface area (Å²) in [6.45, 7) is 11.6. The number of hydrogen-bond donors (Lipinski definition) is 2. The van der Waals surface area contributed by atoms with Crippen LogP contribution < -0.4 is 0 Å². The smallest absolute Gasteiger partial charge is 0.274 e. The fourth-order valence-corrected chi connectivity index (χ4v) is 5.16. The number of nitrogens with zero attached hydrogens (tertiary/aromatic N) is 4. The van der Waals surface area contributed by atoms with E-state index in [0.29, 0.717) is 24.7 Å². The number of carbonyl (C=O) groups excluding carboxylic acids is 2. The van der Waals surface area contributed by atoms with Crippen molar-refractivity contribution in [2.45, 2.75) is 59.4 Å². The largest absolute Gasteiger partial charge is 0.346 e. The van der Waals surface area contributed by atoms with Gasteiger partial charge in [0.2, 0.25) is 5.91 Å². The topological polar surface area (TPSA) is 98.0 Å². The molecule has 2 amide bonds. The first-order valence-corrected chi connectivity index (χ1v) is 10.4. The minimum atomic E-state index is -0.242. The third-order valence-electron chi connectivity index (χ3n) is 6.55. The zero-order valence-corrected chi connectivity index (χ0v) is 17.9. The van der Waals surface area contributed by atoms with Crippen molar-refractivity contribution in [2.75, 3.05) is 19.6 Å². The molecule has 2 fully saturated rings. The van der Waals surface area contributed by atoms with Gasteiger partial charge in [-0.1, -0.05) is 0 Å². The highest BCUT2D eigenvalue weighted by Crippen LogP contribution is 2.34. The highest BCUT2D eigenvalue weighted by molar-refractivity contribution is 5.94. The molecule has 2 aromatic rings.